The van der Waals surface area contributed by atoms with Gasteiger partial charge in [0.1, 0.15) is 17.3 Å². The van der Waals surface area contributed by atoms with E-state index >= 15 is 0 Å². The minimum atomic E-state index is -0.281. The van der Waals surface area contributed by atoms with Crippen LogP contribution in [-0.2, 0) is 12.8 Å². The Balaban J connectivity index is 1.51. The first-order valence-electron chi connectivity index (χ1n) is 8.68. The number of hydrogen-bond donors (Lipinski definition) is 3. The van der Waals surface area contributed by atoms with Gasteiger partial charge in [-0.1, -0.05) is 6.07 Å². The lowest BCUT2D eigenvalue weighted by Gasteiger charge is -2.17. The molecule has 26 heavy (non-hydrogen) atoms. The van der Waals surface area contributed by atoms with Gasteiger partial charge in [-0.05, 0) is 24.5 Å². The van der Waals surface area contributed by atoms with Crippen molar-refractivity contribution in [2.45, 2.75) is 19.3 Å². The second-order valence-corrected chi connectivity index (χ2v) is 6.07. The van der Waals surface area contributed by atoms with Crippen molar-refractivity contribution in [3.63, 3.8) is 0 Å². The van der Waals surface area contributed by atoms with Crippen molar-refractivity contribution >= 4 is 17.5 Å². The molecule has 3 N–H and O–H groups in total. The van der Waals surface area contributed by atoms with Crippen LogP contribution in [0.1, 0.15) is 17.7 Å². The molecule has 2 amide bonds. The molecule has 2 aromatic rings. The lowest BCUT2D eigenvalue weighted by atomic mass is 10.1. The van der Waals surface area contributed by atoms with E-state index < -0.39 is 0 Å². The number of methoxy groups -OCH3 is 2. The second kappa shape index (κ2) is 8.42. The number of carbonyl (C=O) groups is 1. The van der Waals surface area contributed by atoms with Gasteiger partial charge in [-0.15, -0.1) is 0 Å². The Labute approximate surface area is 153 Å². The minimum Gasteiger partial charge on any atom is -0.497 e. The zero-order chi connectivity index (χ0) is 18.4. The molecule has 0 radical (unpaired) electrons. The van der Waals surface area contributed by atoms with Crippen LogP contribution in [0, 0.1) is 0 Å². The van der Waals surface area contributed by atoms with Gasteiger partial charge in [-0.25, -0.2) is 9.78 Å². The van der Waals surface area contributed by atoms with E-state index in [1.807, 2.05) is 6.07 Å². The van der Waals surface area contributed by atoms with Crippen LogP contribution >= 0.6 is 0 Å². The number of carbonyl (C=O) groups excluding carboxylic acids is 1. The van der Waals surface area contributed by atoms with Crippen molar-refractivity contribution in [1.29, 1.82) is 0 Å². The standard InChI is InChI=1S/C19H24N4O3/c1-25-16-10-15(11-17(12-16)26-2)23-19(24)21-9-7-14-6-5-13-4-3-8-20-18(13)22-14/h5-6,10-12H,3-4,7-9H2,1-2H3,(H,20,22)(H2,21,23,24). The van der Waals surface area contributed by atoms with Gasteiger partial charge >= 0.3 is 6.03 Å². The van der Waals surface area contributed by atoms with Gasteiger partial charge in [0.2, 0.25) is 0 Å². The molecule has 0 atom stereocenters. The molecule has 1 aliphatic rings. The van der Waals surface area contributed by atoms with Crippen molar-refractivity contribution in [2.75, 3.05) is 37.9 Å². The third-order valence-corrected chi connectivity index (χ3v) is 4.23. The zero-order valence-corrected chi connectivity index (χ0v) is 15.1. The van der Waals surface area contributed by atoms with Crippen LogP contribution in [0.4, 0.5) is 16.3 Å². The van der Waals surface area contributed by atoms with Gasteiger partial charge in [0.25, 0.3) is 0 Å². The first-order chi connectivity index (χ1) is 12.7. The van der Waals surface area contributed by atoms with Crippen molar-refractivity contribution in [1.82, 2.24) is 10.3 Å². The third kappa shape index (κ3) is 4.56. The van der Waals surface area contributed by atoms with Crippen molar-refractivity contribution in [3.05, 3.63) is 41.6 Å². The maximum absolute atomic E-state index is 12.1. The Bertz CT molecular complexity index is 757. The number of pyridine rings is 1. The highest BCUT2D eigenvalue weighted by atomic mass is 16.5. The van der Waals surface area contributed by atoms with Crippen molar-refractivity contribution in [3.8, 4) is 11.5 Å². The van der Waals surface area contributed by atoms with Crippen molar-refractivity contribution < 1.29 is 14.3 Å². The fourth-order valence-corrected chi connectivity index (χ4v) is 2.87. The van der Waals surface area contributed by atoms with Crippen LogP contribution in [-0.4, -0.2) is 38.3 Å². The maximum Gasteiger partial charge on any atom is 0.319 e. The average Bonchev–Trinajstić information content (AvgIpc) is 2.67. The molecule has 0 saturated carbocycles. The van der Waals surface area contributed by atoms with E-state index in [0.29, 0.717) is 30.2 Å². The van der Waals surface area contributed by atoms with Crippen LogP contribution < -0.4 is 25.4 Å². The maximum atomic E-state index is 12.1. The molecule has 1 aromatic carbocycles. The van der Waals surface area contributed by atoms with Gasteiger partial charge < -0.3 is 25.4 Å². The summed E-state index contributed by atoms with van der Waals surface area (Å²) < 4.78 is 10.4. The van der Waals surface area contributed by atoms with E-state index in [0.717, 1.165) is 30.9 Å². The summed E-state index contributed by atoms with van der Waals surface area (Å²) in [5.41, 5.74) is 2.83. The first kappa shape index (κ1) is 17.8. The van der Waals surface area contributed by atoms with Gasteiger partial charge in [-0.2, -0.15) is 0 Å². The fourth-order valence-electron chi connectivity index (χ4n) is 2.87. The summed E-state index contributed by atoms with van der Waals surface area (Å²) in [6.45, 7) is 1.47. The summed E-state index contributed by atoms with van der Waals surface area (Å²) in [5, 5.41) is 8.95. The van der Waals surface area contributed by atoms with Crippen LogP contribution in [0.15, 0.2) is 30.3 Å². The van der Waals surface area contributed by atoms with Crippen molar-refractivity contribution in [2.24, 2.45) is 0 Å². The van der Waals surface area contributed by atoms with E-state index in [1.54, 1.807) is 32.4 Å². The van der Waals surface area contributed by atoms with Gasteiger partial charge in [0, 0.05) is 49.1 Å². The summed E-state index contributed by atoms with van der Waals surface area (Å²) in [6, 6.07) is 9.08. The molecule has 7 heteroatoms. The number of ether oxygens (including phenoxy) is 2. The predicted octanol–water partition coefficient (Wildman–Crippen LogP) is 2.82. The number of rotatable bonds is 6. The average molecular weight is 356 g/mol. The third-order valence-electron chi connectivity index (χ3n) is 4.23. The second-order valence-electron chi connectivity index (χ2n) is 6.07. The Morgan fingerprint density at radius 2 is 1.96 bits per heavy atom. The predicted molar refractivity (Wildman–Crippen MR) is 101 cm³/mol. The van der Waals surface area contributed by atoms with Crippen LogP contribution in [0.25, 0.3) is 0 Å². The van der Waals surface area contributed by atoms with Gasteiger partial charge in [-0.3, -0.25) is 0 Å². The van der Waals surface area contributed by atoms with Gasteiger partial charge in [0.05, 0.1) is 14.2 Å². The van der Waals surface area contributed by atoms with E-state index in [2.05, 4.69) is 27.0 Å². The number of aryl methyl sites for hydroxylation is 1. The Morgan fingerprint density at radius 3 is 2.69 bits per heavy atom. The summed E-state index contributed by atoms with van der Waals surface area (Å²) in [6.07, 6.45) is 2.88. The molecule has 0 fully saturated rings. The first-order valence-corrected chi connectivity index (χ1v) is 8.68. The van der Waals surface area contributed by atoms with E-state index in [4.69, 9.17) is 9.47 Å². The highest BCUT2D eigenvalue weighted by Gasteiger charge is 2.10. The van der Waals surface area contributed by atoms with Crippen LogP contribution in [0.3, 0.4) is 0 Å². The lowest BCUT2D eigenvalue weighted by molar-refractivity contribution is 0.252. The van der Waals surface area contributed by atoms with Gasteiger partial charge in [0.15, 0.2) is 0 Å². The molecule has 0 aliphatic carbocycles. The molecular weight excluding hydrogens is 332 g/mol. The topological polar surface area (TPSA) is 84.5 Å². The fraction of sp³-hybridized carbons (Fsp3) is 0.368. The Kier molecular flexibility index (Phi) is 5.78. The summed E-state index contributed by atoms with van der Waals surface area (Å²) >= 11 is 0. The Hall–Kier alpha value is -2.96. The highest BCUT2D eigenvalue weighted by molar-refractivity contribution is 5.89. The van der Waals surface area contributed by atoms with E-state index in [1.165, 1.54) is 5.56 Å². The molecule has 1 aliphatic heterocycles. The monoisotopic (exact) mass is 356 g/mol. The largest absolute Gasteiger partial charge is 0.497 e. The number of hydrogen-bond acceptors (Lipinski definition) is 5. The minimum absolute atomic E-state index is 0.281. The number of urea groups is 1. The Morgan fingerprint density at radius 1 is 1.19 bits per heavy atom. The normalized spacial score (nSPS) is 12.5. The lowest BCUT2D eigenvalue weighted by Crippen LogP contribution is -2.30. The summed E-state index contributed by atoms with van der Waals surface area (Å²) in [5.74, 6) is 2.21. The summed E-state index contributed by atoms with van der Waals surface area (Å²) in [7, 11) is 3.14. The quantitative estimate of drug-likeness (QED) is 0.741. The molecule has 3 rings (SSSR count). The molecule has 7 nitrogen and oxygen atoms in total. The molecule has 138 valence electrons. The number of benzene rings is 1. The number of amides is 2. The molecule has 2 heterocycles. The molecule has 0 unspecified atom stereocenters. The van der Waals surface area contributed by atoms with Crippen LogP contribution in [0.2, 0.25) is 0 Å². The molecular formula is C19H24N4O3. The van der Waals surface area contributed by atoms with E-state index in [-0.39, 0.29) is 6.03 Å². The molecule has 1 aromatic heterocycles. The smallest absolute Gasteiger partial charge is 0.319 e. The molecule has 0 bridgehead atoms. The molecule has 0 saturated heterocycles. The number of fused-ring (bicyclic) bond motifs is 1. The zero-order valence-electron chi connectivity index (χ0n) is 15.1. The number of anilines is 2. The SMILES string of the molecule is COc1cc(NC(=O)NCCc2ccc3c(n2)NCCC3)cc(OC)c1. The highest BCUT2D eigenvalue weighted by Crippen LogP contribution is 2.25. The number of nitrogens with one attached hydrogen (secondary N) is 3. The number of nitrogens with zero attached hydrogens (tertiary/aromatic N) is 1. The van der Waals surface area contributed by atoms with E-state index in [9.17, 15) is 4.79 Å². The molecule has 0 spiro atoms. The number of aromatic nitrogens is 1. The summed E-state index contributed by atoms with van der Waals surface area (Å²) in [4.78, 5) is 16.7. The van der Waals surface area contributed by atoms with Crippen LogP contribution in [0.5, 0.6) is 11.5 Å².